The first-order valence-corrected chi connectivity index (χ1v) is 31.3. The van der Waals surface area contributed by atoms with Crippen LogP contribution < -0.4 is 59.7 Å². The summed E-state index contributed by atoms with van der Waals surface area (Å²) in [5, 5.41) is 42.7. The number of amides is 10. The van der Waals surface area contributed by atoms with Gasteiger partial charge >= 0.3 is 5.97 Å². The van der Waals surface area contributed by atoms with Crippen LogP contribution in [0.5, 0.6) is 0 Å². The number of carbonyl (C=O) groups is 11. The fourth-order valence-corrected chi connectivity index (χ4v) is 12.0. The van der Waals surface area contributed by atoms with E-state index in [1.807, 2.05) is 42.5 Å². The number of aromatic amines is 2. The van der Waals surface area contributed by atoms with Crippen LogP contribution in [-0.2, 0) is 83.5 Å². The van der Waals surface area contributed by atoms with Gasteiger partial charge < -0.3 is 79.9 Å². The second-order valence-corrected chi connectivity index (χ2v) is 24.3. The number of rotatable bonds is 14. The molecule has 0 radical (unpaired) electrons. The minimum Gasteiger partial charge on any atom is -0.480 e. The maximum absolute atomic E-state index is 15.1. The molecule has 0 spiro atoms. The van der Waals surface area contributed by atoms with Gasteiger partial charge in [-0.15, -0.1) is 0 Å². The number of thioether (sulfide) groups is 2. The number of hydrogen-bond acceptors (Lipinski definition) is 15. The van der Waals surface area contributed by atoms with Crippen LogP contribution in [0, 0.1) is 5.92 Å². The molecule has 90 heavy (non-hydrogen) atoms. The van der Waals surface area contributed by atoms with Crippen LogP contribution in [0.1, 0.15) is 60.9 Å². The molecule has 4 aromatic carbocycles. The maximum Gasteiger partial charge on any atom is 0.327 e. The molecule has 4 heterocycles. The Bertz CT molecular complexity index is 3550. The van der Waals surface area contributed by atoms with Crippen molar-refractivity contribution in [1.29, 1.82) is 0 Å². The highest BCUT2D eigenvalue weighted by atomic mass is 32.2. The summed E-state index contributed by atoms with van der Waals surface area (Å²) in [6.45, 7) is 2.36. The summed E-state index contributed by atoms with van der Waals surface area (Å²) in [4.78, 5) is 159. The van der Waals surface area contributed by atoms with E-state index in [1.54, 1.807) is 86.9 Å². The van der Waals surface area contributed by atoms with Gasteiger partial charge in [0.1, 0.15) is 48.3 Å². The quantitative estimate of drug-likeness (QED) is 0.0635. The van der Waals surface area contributed by atoms with Crippen LogP contribution in [0.3, 0.4) is 0 Å². The molecule has 8 rings (SSSR count). The number of aromatic nitrogens is 2. The molecule has 6 aromatic rings. The van der Waals surface area contributed by atoms with Crippen molar-refractivity contribution in [3.8, 4) is 0 Å². The van der Waals surface area contributed by atoms with E-state index in [0.717, 1.165) is 22.0 Å². The van der Waals surface area contributed by atoms with Crippen LogP contribution in [0.15, 0.2) is 116 Å². The van der Waals surface area contributed by atoms with E-state index >= 15 is 9.59 Å². The molecule has 0 saturated carbocycles. The van der Waals surface area contributed by atoms with Crippen molar-refractivity contribution in [1.82, 2.24) is 52.5 Å². The van der Waals surface area contributed by atoms with E-state index in [0.29, 0.717) is 39.1 Å². The van der Waals surface area contributed by atoms with Gasteiger partial charge in [0, 0.05) is 76.5 Å². The Hall–Kier alpha value is -9.25. The second-order valence-electron chi connectivity index (χ2n) is 22.3. The lowest BCUT2D eigenvalue weighted by atomic mass is 10.00. The number of primary amides is 2. The van der Waals surface area contributed by atoms with Gasteiger partial charge in [-0.25, -0.2) is 4.79 Å². The monoisotopic (exact) mass is 1270 g/mol. The predicted molar refractivity (Wildman–Crippen MR) is 338 cm³/mol. The van der Waals surface area contributed by atoms with Crippen molar-refractivity contribution in [2.45, 2.75) is 118 Å². The molecule has 0 aliphatic carbocycles. The second kappa shape index (κ2) is 32.8. The number of aliphatic hydroxyl groups excluding tert-OH is 1. The summed E-state index contributed by atoms with van der Waals surface area (Å²) >= 11 is 2.51. The molecular weight excluding hydrogens is 1200 g/mol. The van der Waals surface area contributed by atoms with E-state index in [-0.39, 0.29) is 43.1 Å². The fourth-order valence-electron chi connectivity index (χ4n) is 10.0. The molecule has 9 atom stereocenters. The number of hydrogen-bond donors (Lipinski definition) is 15. The third-order valence-electron chi connectivity index (χ3n) is 14.7. The van der Waals surface area contributed by atoms with Crippen molar-refractivity contribution in [2.24, 2.45) is 23.1 Å². The van der Waals surface area contributed by atoms with Crippen molar-refractivity contribution in [3.63, 3.8) is 0 Å². The maximum atomic E-state index is 15.1. The molecule has 478 valence electrons. The average Bonchev–Trinajstić information content (AvgIpc) is 2.41. The lowest BCUT2D eigenvalue weighted by Gasteiger charge is -2.28. The molecule has 26 nitrogen and oxygen atoms in total. The Labute approximate surface area is 526 Å². The first-order valence-electron chi connectivity index (χ1n) is 29.0. The van der Waals surface area contributed by atoms with Gasteiger partial charge in [0.25, 0.3) is 0 Å². The first kappa shape index (κ1) is 68.2. The van der Waals surface area contributed by atoms with Crippen molar-refractivity contribution in [3.05, 3.63) is 143 Å². The van der Waals surface area contributed by atoms with Crippen molar-refractivity contribution < 1.29 is 63.0 Å². The number of benzene rings is 4. The Kier molecular flexibility index (Phi) is 24.9. The first-order chi connectivity index (χ1) is 43.0. The van der Waals surface area contributed by atoms with E-state index in [4.69, 9.17) is 17.2 Å². The zero-order valence-corrected chi connectivity index (χ0v) is 51.1. The van der Waals surface area contributed by atoms with E-state index in [1.165, 1.54) is 23.5 Å². The van der Waals surface area contributed by atoms with Gasteiger partial charge in [0.05, 0.1) is 25.5 Å². The lowest BCUT2D eigenvalue weighted by Crippen LogP contribution is -2.61. The fraction of sp³-hybridized carbons (Fsp3) is 0.371. The Morgan fingerprint density at radius 2 is 0.878 bits per heavy atom. The number of aliphatic carboxylic acids is 1. The molecule has 2 aliphatic rings. The third kappa shape index (κ3) is 19.9. The normalized spacial score (nSPS) is 23.0. The molecular formula is C62H75N13O13S2. The topological polar surface area (TPSA) is 434 Å². The number of para-hydroxylation sites is 2. The van der Waals surface area contributed by atoms with Gasteiger partial charge in [-0.1, -0.05) is 105 Å². The van der Waals surface area contributed by atoms with Gasteiger partial charge in [0.2, 0.25) is 59.1 Å². The third-order valence-corrected chi connectivity index (χ3v) is 16.9. The number of nitrogens with two attached hydrogens (primary N) is 3. The average molecular weight is 1270 g/mol. The summed E-state index contributed by atoms with van der Waals surface area (Å²) in [5.74, 6) is -10.9. The highest BCUT2D eigenvalue weighted by Crippen LogP contribution is 2.23. The molecule has 2 aliphatic heterocycles. The summed E-state index contributed by atoms with van der Waals surface area (Å²) in [5.41, 5.74) is 22.1. The Morgan fingerprint density at radius 3 is 1.36 bits per heavy atom. The molecule has 0 saturated heterocycles. The number of H-pyrrole nitrogens is 2. The lowest BCUT2D eigenvalue weighted by molar-refractivity contribution is -0.141. The highest BCUT2D eigenvalue weighted by molar-refractivity contribution is 7.98. The van der Waals surface area contributed by atoms with Crippen molar-refractivity contribution in [2.75, 3.05) is 18.1 Å². The minimum atomic E-state index is -1.82. The summed E-state index contributed by atoms with van der Waals surface area (Å²) in [7, 11) is 0. The van der Waals surface area contributed by atoms with Gasteiger partial charge in [0.15, 0.2) is 0 Å². The summed E-state index contributed by atoms with van der Waals surface area (Å²) in [6, 6.07) is 16.3. The number of fused-ring (bicyclic) bond motifs is 34. The number of carboxylic acid groups (broad SMARTS) is 1. The van der Waals surface area contributed by atoms with Crippen LogP contribution in [0.4, 0.5) is 0 Å². The van der Waals surface area contributed by atoms with E-state index < -0.39 is 139 Å². The van der Waals surface area contributed by atoms with Crippen molar-refractivity contribution >= 4 is 110 Å². The number of aliphatic hydroxyl groups is 1. The standard InChI is InChI=1S/C62H75N13O13S2/c1-33(2)20-44-55(80)73-49(25-53(65)78)59(84)72-46(22-37-26-66-42-14-8-6-12-39(37)42)57(82)70-45(21-34-10-4-3-5-11-34)56(81)71-47(23-38-27-67-43-15-9-7-13-40(38)43)58(83)75-51(62(87)88)32-90-30-36-18-16-35(17-19-36)29-89-31-41(63)54(79)68-48(24-52(64)77)60(85)74-50(28-76)61(86)69-44/h3-19,26-27,33,41,44-51,66-67,76H,20-25,28-32,63H2,1-2H3,(H2,64,77)(H2,65,78)(H,68,79)(H,69,86)(H,70,82)(H,71,81)(H,72,84)(H,73,80)(H,74,85)(H,75,83)(H,87,88)/t41-,44-,45-,46-,47-,48-,49-,50-,51-/m0/s1. The number of nitrogens with one attached hydrogen (secondary N) is 10. The largest absolute Gasteiger partial charge is 0.480 e. The van der Waals surface area contributed by atoms with E-state index in [2.05, 4.69) is 52.5 Å². The molecule has 2 aromatic heterocycles. The summed E-state index contributed by atoms with van der Waals surface area (Å²) < 4.78 is 0. The zero-order chi connectivity index (χ0) is 65.0. The zero-order valence-electron chi connectivity index (χ0n) is 49.5. The molecule has 10 amide bonds. The van der Waals surface area contributed by atoms with Crippen LogP contribution in [0.25, 0.3) is 21.8 Å². The smallest absolute Gasteiger partial charge is 0.327 e. The highest BCUT2D eigenvalue weighted by Gasteiger charge is 2.37. The SMILES string of the molecule is CC(C)C[C@@H]1NC(=O)[C@H](CO)NC(=O)[C@H](CC(N)=O)NC(=O)[C@@H](N)CSCc2ccc(cc2)CSC[C@@H](C(=O)O)NC(=O)[C@H](Cc2c[nH]c3ccccc23)NC(=O)[C@H](Cc2ccccc2)NC(=O)[C@H](Cc2c[nH]c3ccccc23)NC(=O)[C@H](CC(N)=O)NC1=O. The summed E-state index contributed by atoms with van der Waals surface area (Å²) in [6.07, 6.45) is 1.05. The number of carboxylic acids is 1. The van der Waals surface area contributed by atoms with Crippen LogP contribution in [0.2, 0.25) is 0 Å². The molecule has 28 heteroatoms. The number of carbonyl (C=O) groups excluding carboxylic acids is 10. The predicted octanol–water partition coefficient (Wildman–Crippen LogP) is -0.0632. The van der Waals surface area contributed by atoms with Gasteiger partial charge in [-0.3, -0.25) is 47.9 Å². The molecule has 2 bridgehead atoms. The Morgan fingerprint density at radius 1 is 0.489 bits per heavy atom. The van der Waals surface area contributed by atoms with Gasteiger partial charge in [-0.2, -0.15) is 23.5 Å². The minimum absolute atomic E-state index is 0.0424. The van der Waals surface area contributed by atoms with E-state index in [9.17, 15) is 53.4 Å². The molecule has 0 unspecified atom stereocenters. The Balaban J connectivity index is 1.25. The van der Waals surface area contributed by atoms with Crippen LogP contribution in [-0.4, -0.2) is 158 Å². The van der Waals surface area contributed by atoms with Crippen LogP contribution >= 0.6 is 23.5 Å². The van der Waals surface area contributed by atoms with Gasteiger partial charge in [-0.05, 0) is 52.3 Å². The molecule has 18 N–H and O–H groups in total. The molecule has 0 fully saturated rings.